The highest BCUT2D eigenvalue weighted by Crippen LogP contribution is 2.26. The molecule has 11 heteroatoms. The number of cyclic esters (lactones) is 1. The Morgan fingerprint density at radius 1 is 1.17 bits per heavy atom. The molecule has 11 nitrogen and oxygen atoms in total. The molecule has 35 heavy (non-hydrogen) atoms. The summed E-state index contributed by atoms with van der Waals surface area (Å²) in [7, 11) is 1.64. The Balaban J connectivity index is 2.31. The third-order valence-corrected chi connectivity index (χ3v) is 6.01. The number of nitrogens with one attached hydrogen (secondary N) is 3. The number of rotatable bonds is 5. The van der Waals surface area contributed by atoms with E-state index in [1.165, 1.54) is 4.90 Å². The van der Waals surface area contributed by atoms with Gasteiger partial charge in [-0.1, -0.05) is 13.8 Å². The number of pyridine rings is 1. The zero-order valence-electron chi connectivity index (χ0n) is 20.7. The van der Waals surface area contributed by atoms with Gasteiger partial charge in [-0.05, 0) is 56.6 Å². The van der Waals surface area contributed by atoms with Crippen LogP contribution in [0, 0.1) is 17.8 Å². The molecule has 1 aliphatic rings. The molecule has 1 saturated heterocycles. The van der Waals surface area contributed by atoms with Gasteiger partial charge >= 0.3 is 6.09 Å². The highest BCUT2D eigenvalue weighted by molar-refractivity contribution is 5.98. The van der Waals surface area contributed by atoms with Crippen LogP contribution in [0.2, 0.25) is 0 Å². The van der Waals surface area contributed by atoms with Crippen LogP contribution >= 0.6 is 0 Å². The van der Waals surface area contributed by atoms with Crippen molar-refractivity contribution in [1.29, 1.82) is 0 Å². The van der Waals surface area contributed by atoms with Crippen molar-refractivity contribution in [1.82, 2.24) is 20.7 Å². The number of carbonyl (C=O) groups excluding carboxylic acids is 4. The van der Waals surface area contributed by atoms with Crippen LogP contribution in [0.4, 0.5) is 10.5 Å². The quantitative estimate of drug-likeness (QED) is 0.365. The third-order valence-electron chi connectivity index (χ3n) is 6.01. The molecular weight excluding hydrogens is 454 g/mol. The van der Waals surface area contributed by atoms with Crippen molar-refractivity contribution in [2.24, 2.45) is 17.8 Å². The molecule has 0 radical (unpaired) electrons. The topological polar surface area (TPSA) is 150 Å². The van der Waals surface area contributed by atoms with E-state index >= 15 is 0 Å². The van der Waals surface area contributed by atoms with Crippen LogP contribution in [0.15, 0.2) is 24.5 Å². The lowest BCUT2D eigenvalue weighted by atomic mass is 9.81. The summed E-state index contributed by atoms with van der Waals surface area (Å²) in [5, 5.41) is 15.0. The maximum absolute atomic E-state index is 13.4. The zero-order valence-corrected chi connectivity index (χ0v) is 20.7. The second kappa shape index (κ2) is 14.2. The van der Waals surface area contributed by atoms with Gasteiger partial charge in [-0.15, -0.1) is 0 Å². The number of hydrogen-bond donors (Lipinski definition) is 4. The summed E-state index contributed by atoms with van der Waals surface area (Å²) in [4.78, 5) is 56.6. The molecule has 0 aliphatic carbocycles. The number of hydrogen-bond acceptors (Lipinski definition) is 7. The Morgan fingerprint density at radius 3 is 2.54 bits per heavy atom. The Hall–Kier alpha value is -3.21. The molecule has 0 spiro atoms. The first kappa shape index (κ1) is 28.0. The van der Waals surface area contributed by atoms with Crippen molar-refractivity contribution in [3.05, 3.63) is 24.5 Å². The predicted molar refractivity (Wildman–Crippen MR) is 128 cm³/mol. The monoisotopic (exact) mass is 491 g/mol. The number of aromatic nitrogens is 1. The lowest BCUT2D eigenvalue weighted by Crippen LogP contribution is -2.49. The first-order valence-electron chi connectivity index (χ1n) is 12.1. The molecule has 2 heterocycles. The molecule has 1 aliphatic heterocycles. The number of carbonyl (C=O) groups is 4. The molecule has 3 atom stereocenters. The van der Waals surface area contributed by atoms with Crippen molar-refractivity contribution >= 4 is 29.5 Å². The standard InChI is InChI=1S/C24H37N5O6/c1-16(2)15-19-18(22(31)28-34)7-6-14-35-24(33)29(3)13-5-4-8-20(27-21(19)30)23(32)26-17-9-11-25-12-10-17/h9-12,16,18-20,34H,4-8,13-15H2,1-3H3,(H,27,30)(H,28,31)(H,25,26,32)/t18-,19+,20-/m0/s1. The molecule has 4 N–H and O–H groups in total. The van der Waals surface area contributed by atoms with Gasteiger partial charge in [0.2, 0.25) is 17.7 Å². The summed E-state index contributed by atoms with van der Waals surface area (Å²) in [5.74, 6) is -3.04. The minimum Gasteiger partial charge on any atom is -0.449 e. The smallest absolute Gasteiger partial charge is 0.409 e. The lowest BCUT2D eigenvalue weighted by molar-refractivity contribution is -0.142. The van der Waals surface area contributed by atoms with Gasteiger partial charge < -0.3 is 20.3 Å². The minimum atomic E-state index is -0.854. The van der Waals surface area contributed by atoms with Gasteiger partial charge in [0.05, 0.1) is 12.5 Å². The maximum Gasteiger partial charge on any atom is 0.409 e. The van der Waals surface area contributed by atoms with Crippen LogP contribution < -0.4 is 16.1 Å². The highest BCUT2D eigenvalue weighted by Gasteiger charge is 2.36. The second-order valence-electron chi connectivity index (χ2n) is 9.28. The average molecular weight is 492 g/mol. The van der Waals surface area contributed by atoms with Crippen LogP contribution in [0.5, 0.6) is 0 Å². The average Bonchev–Trinajstić information content (AvgIpc) is 2.84. The first-order chi connectivity index (χ1) is 16.7. The molecule has 0 unspecified atom stereocenters. The number of hydroxylamine groups is 1. The van der Waals surface area contributed by atoms with Gasteiger partial charge in [0, 0.05) is 37.6 Å². The number of nitrogens with zero attached hydrogens (tertiary/aromatic N) is 2. The molecule has 1 fully saturated rings. The van der Waals surface area contributed by atoms with Gasteiger partial charge in [-0.25, -0.2) is 10.3 Å². The predicted octanol–water partition coefficient (Wildman–Crippen LogP) is 2.32. The summed E-state index contributed by atoms with van der Waals surface area (Å²) in [6.45, 7) is 4.40. The van der Waals surface area contributed by atoms with Crippen LogP contribution in [0.1, 0.15) is 52.4 Å². The van der Waals surface area contributed by atoms with Gasteiger partial charge in [0.25, 0.3) is 0 Å². The Bertz CT molecular complexity index is 850. The molecule has 4 amide bonds. The van der Waals surface area contributed by atoms with Crippen LogP contribution in [-0.4, -0.2) is 65.1 Å². The van der Waals surface area contributed by atoms with E-state index in [4.69, 9.17) is 4.74 Å². The van der Waals surface area contributed by atoms with Crippen molar-refractivity contribution < 1.29 is 29.1 Å². The number of amides is 4. The van der Waals surface area contributed by atoms with E-state index in [1.807, 2.05) is 13.8 Å². The van der Waals surface area contributed by atoms with E-state index in [9.17, 15) is 24.4 Å². The maximum atomic E-state index is 13.4. The third kappa shape index (κ3) is 9.16. The van der Waals surface area contributed by atoms with Crippen molar-refractivity contribution in [3.63, 3.8) is 0 Å². The molecule has 1 aromatic rings. The molecule has 1 aromatic heterocycles. The number of ether oxygens (including phenoxy) is 1. The van der Waals surface area contributed by atoms with E-state index in [0.29, 0.717) is 44.3 Å². The van der Waals surface area contributed by atoms with Gasteiger partial charge in [0.1, 0.15) is 6.04 Å². The Morgan fingerprint density at radius 2 is 1.89 bits per heavy atom. The van der Waals surface area contributed by atoms with Crippen LogP contribution in [-0.2, 0) is 19.1 Å². The molecule has 194 valence electrons. The first-order valence-corrected chi connectivity index (χ1v) is 12.1. The van der Waals surface area contributed by atoms with Gasteiger partial charge in [0.15, 0.2) is 0 Å². The summed E-state index contributed by atoms with van der Waals surface area (Å²) < 4.78 is 5.28. The fourth-order valence-corrected chi connectivity index (χ4v) is 4.13. The molecule has 2 rings (SSSR count). The van der Waals surface area contributed by atoms with Gasteiger partial charge in [-0.2, -0.15) is 0 Å². The van der Waals surface area contributed by atoms with E-state index in [0.717, 1.165) is 0 Å². The second-order valence-corrected chi connectivity index (χ2v) is 9.28. The molecule has 0 aromatic carbocycles. The van der Waals surface area contributed by atoms with E-state index < -0.39 is 35.8 Å². The minimum absolute atomic E-state index is 0.0809. The van der Waals surface area contributed by atoms with Crippen molar-refractivity contribution in [2.45, 2.75) is 58.4 Å². The van der Waals surface area contributed by atoms with Gasteiger partial charge in [-0.3, -0.25) is 24.6 Å². The van der Waals surface area contributed by atoms with E-state index in [2.05, 4.69) is 15.6 Å². The Labute approximate surface area is 205 Å². The summed E-state index contributed by atoms with van der Waals surface area (Å²) in [5.41, 5.74) is 2.22. The fourth-order valence-electron chi connectivity index (χ4n) is 4.13. The highest BCUT2D eigenvalue weighted by atomic mass is 16.6. The summed E-state index contributed by atoms with van der Waals surface area (Å²) in [6, 6.07) is 2.46. The molecule has 0 bridgehead atoms. The van der Waals surface area contributed by atoms with E-state index in [-0.39, 0.29) is 24.9 Å². The van der Waals surface area contributed by atoms with Crippen molar-refractivity contribution in [3.8, 4) is 0 Å². The fraction of sp³-hybridized carbons (Fsp3) is 0.625. The SMILES string of the molecule is CC(C)C[C@H]1C(=O)N[C@H](C(=O)Nc2ccncc2)CCCCN(C)C(=O)OCCC[C@@H]1C(=O)NO. The van der Waals surface area contributed by atoms with Crippen molar-refractivity contribution in [2.75, 3.05) is 25.5 Å². The molecule has 0 saturated carbocycles. The zero-order chi connectivity index (χ0) is 25.8. The largest absolute Gasteiger partial charge is 0.449 e. The molecular formula is C24H37N5O6. The van der Waals surface area contributed by atoms with Crippen LogP contribution in [0.25, 0.3) is 0 Å². The Kier molecular flexibility index (Phi) is 11.4. The number of anilines is 1. The summed E-state index contributed by atoms with van der Waals surface area (Å²) in [6.07, 6.45) is 5.11. The normalized spacial score (nSPS) is 22.9. The summed E-state index contributed by atoms with van der Waals surface area (Å²) >= 11 is 0. The van der Waals surface area contributed by atoms with Crippen LogP contribution in [0.3, 0.4) is 0 Å². The van der Waals surface area contributed by atoms with E-state index in [1.54, 1.807) is 37.1 Å². The lowest BCUT2D eigenvalue weighted by Gasteiger charge is -2.28.